The zero-order chi connectivity index (χ0) is 12.7. The molecule has 2 aromatic rings. The number of hydrogen-bond acceptors (Lipinski definition) is 2. The van der Waals surface area contributed by atoms with Crippen LogP contribution in [0.2, 0.25) is 0 Å². The average Bonchev–Trinajstić information content (AvgIpc) is 2.65. The van der Waals surface area contributed by atoms with Crippen molar-refractivity contribution in [3.05, 3.63) is 35.5 Å². The Kier molecular flexibility index (Phi) is 2.88. The van der Waals surface area contributed by atoms with E-state index in [9.17, 15) is 0 Å². The van der Waals surface area contributed by atoms with E-state index in [1.54, 1.807) is 0 Å². The number of nitrogens with zero attached hydrogens (tertiary/aromatic N) is 2. The van der Waals surface area contributed by atoms with E-state index in [-0.39, 0.29) is 0 Å². The Balaban J connectivity index is 2.02. The van der Waals surface area contributed by atoms with Crippen molar-refractivity contribution in [2.24, 2.45) is 7.05 Å². The largest absolute Gasteiger partial charge is 0.348 e. The van der Waals surface area contributed by atoms with Crippen LogP contribution in [-0.4, -0.2) is 36.1 Å². The minimum atomic E-state index is 0.503. The Morgan fingerprint density at radius 1 is 1.22 bits per heavy atom. The third-order valence-electron chi connectivity index (χ3n) is 4.20. The number of rotatable bonds is 1. The van der Waals surface area contributed by atoms with Gasteiger partial charge in [0.1, 0.15) is 0 Å². The van der Waals surface area contributed by atoms with Crippen LogP contribution in [0.15, 0.2) is 24.3 Å². The maximum atomic E-state index is 3.48. The van der Waals surface area contributed by atoms with Gasteiger partial charge in [0.05, 0.1) is 0 Å². The van der Waals surface area contributed by atoms with E-state index in [1.165, 1.54) is 22.2 Å². The molecule has 3 nitrogen and oxygen atoms in total. The average molecular weight is 243 g/mol. The van der Waals surface area contributed by atoms with Gasteiger partial charge in [-0.15, -0.1) is 0 Å². The van der Waals surface area contributed by atoms with Crippen LogP contribution in [0.25, 0.3) is 10.9 Å². The standard InChI is InChI=1S/C15H21N3/c1-11-8-13-9-12(4-5-14(13)18(11)3)15-10-16-6-7-17(15)2/h4-5,8-9,15-16H,6-7,10H2,1-3H3. The monoisotopic (exact) mass is 243 g/mol. The van der Waals surface area contributed by atoms with Crippen LogP contribution in [0.1, 0.15) is 17.3 Å². The summed E-state index contributed by atoms with van der Waals surface area (Å²) in [5, 5.41) is 4.83. The summed E-state index contributed by atoms with van der Waals surface area (Å²) in [4.78, 5) is 2.44. The summed E-state index contributed by atoms with van der Waals surface area (Å²) in [6, 6.07) is 9.64. The van der Waals surface area contributed by atoms with Gasteiger partial charge in [-0.05, 0) is 37.7 Å². The zero-order valence-corrected chi connectivity index (χ0v) is 11.4. The molecule has 1 fully saturated rings. The molecule has 1 unspecified atom stereocenters. The number of aromatic nitrogens is 1. The molecule has 1 aromatic heterocycles. The molecule has 0 aliphatic carbocycles. The Bertz CT molecular complexity index is 570. The van der Waals surface area contributed by atoms with Crippen molar-refractivity contribution in [2.45, 2.75) is 13.0 Å². The van der Waals surface area contributed by atoms with E-state index in [2.05, 4.69) is 60.1 Å². The van der Waals surface area contributed by atoms with Crippen molar-refractivity contribution in [2.75, 3.05) is 26.7 Å². The van der Waals surface area contributed by atoms with Crippen LogP contribution in [0.4, 0.5) is 0 Å². The van der Waals surface area contributed by atoms with Crippen LogP contribution in [-0.2, 0) is 7.05 Å². The van der Waals surface area contributed by atoms with Gasteiger partial charge in [-0.1, -0.05) is 6.07 Å². The molecule has 0 spiro atoms. The first kappa shape index (κ1) is 11.8. The molecule has 0 radical (unpaired) electrons. The zero-order valence-electron chi connectivity index (χ0n) is 11.4. The number of hydrogen-bond donors (Lipinski definition) is 1. The van der Waals surface area contributed by atoms with Crippen molar-refractivity contribution in [3.63, 3.8) is 0 Å². The Hall–Kier alpha value is -1.32. The third-order valence-corrected chi connectivity index (χ3v) is 4.20. The predicted octanol–water partition coefficient (Wildman–Crippen LogP) is 2.06. The summed E-state index contributed by atoms with van der Waals surface area (Å²) in [6.45, 7) is 5.43. The molecule has 1 aliphatic rings. The van der Waals surface area contributed by atoms with Gasteiger partial charge in [-0.3, -0.25) is 4.90 Å². The number of fused-ring (bicyclic) bond motifs is 1. The number of benzene rings is 1. The van der Waals surface area contributed by atoms with Gasteiger partial charge >= 0.3 is 0 Å². The normalized spacial score (nSPS) is 21.6. The molecule has 1 atom stereocenters. The highest BCUT2D eigenvalue weighted by Crippen LogP contribution is 2.26. The fourth-order valence-electron chi connectivity index (χ4n) is 2.89. The first-order valence-corrected chi connectivity index (χ1v) is 6.64. The van der Waals surface area contributed by atoms with E-state index in [4.69, 9.17) is 0 Å². The van der Waals surface area contributed by atoms with Crippen molar-refractivity contribution >= 4 is 10.9 Å². The third kappa shape index (κ3) is 1.84. The second-order valence-electron chi connectivity index (χ2n) is 5.36. The highest BCUT2D eigenvalue weighted by Gasteiger charge is 2.20. The predicted molar refractivity (Wildman–Crippen MR) is 75.9 cm³/mol. The molecular weight excluding hydrogens is 222 g/mol. The minimum Gasteiger partial charge on any atom is -0.348 e. The molecule has 1 N–H and O–H groups in total. The van der Waals surface area contributed by atoms with Crippen LogP contribution >= 0.6 is 0 Å². The van der Waals surface area contributed by atoms with Gasteiger partial charge in [0, 0.05) is 49.3 Å². The summed E-state index contributed by atoms with van der Waals surface area (Å²) in [7, 11) is 4.34. The topological polar surface area (TPSA) is 20.2 Å². The first-order chi connectivity index (χ1) is 8.66. The van der Waals surface area contributed by atoms with Crippen molar-refractivity contribution < 1.29 is 0 Å². The Morgan fingerprint density at radius 3 is 2.83 bits per heavy atom. The molecule has 1 aromatic carbocycles. The Morgan fingerprint density at radius 2 is 2.06 bits per heavy atom. The van der Waals surface area contributed by atoms with E-state index in [0.717, 1.165) is 19.6 Å². The molecule has 18 heavy (non-hydrogen) atoms. The molecule has 2 heterocycles. The molecule has 1 aliphatic heterocycles. The molecule has 3 heteroatoms. The lowest BCUT2D eigenvalue weighted by Crippen LogP contribution is -2.43. The van der Waals surface area contributed by atoms with Crippen molar-refractivity contribution in [1.29, 1.82) is 0 Å². The summed E-state index contributed by atoms with van der Waals surface area (Å²) in [5.41, 5.74) is 4.06. The summed E-state index contributed by atoms with van der Waals surface area (Å²) >= 11 is 0. The van der Waals surface area contributed by atoms with Gasteiger partial charge in [-0.25, -0.2) is 0 Å². The Labute approximate surface area is 108 Å². The molecule has 0 saturated carbocycles. The number of aryl methyl sites for hydroxylation is 2. The lowest BCUT2D eigenvalue weighted by atomic mass is 10.0. The number of likely N-dealkylation sites (N-methyl/N-ethyl adjacent to an activating group) is 1. The summed E-state index contributed by atoms with van der Waals surface area (Å²) in [5.74, 6) is 0. The first-order valence-electron chi connectivity index (χ1n) is 6.64. The van der Waals surface area contributed by atoms with Gasteiger partial charge in [0.2, 0.25) is 0 Å². The highest BCUT2D eigenvalue weighted by molar-refractivity contribution is 5.82. The second kappa shape index (κ2) is 4.41. The van der Waals surface area contributed by atoms with Gasteiger partial charge < -0.3 is 9.88 Å². The molecular formula is C15H21N3. The maximum Gasteiger partial charge on any atom is 0.0480 e. The van der Waals surface area contributed by atoms with E-state index < -0.39 is 0 Å². The lowest BCUT2D eigenvalue weighted by molar-refractivity contribution is 0.202. The SMILES string of the molecule is Cc1cc2cc(C3CNCCN3C)ccc2n1C. The van der Waals surface area contributed by atoms with Crippen LogP contribution < -0.4 is 5.32 Å². The van der Waals surface area contributed by atoms with Crippen LogP contribution in [0.5, 0.6) is 0 Å². The fraction of sp³-hybridized carbons (Fsp3) is 0.467. The smallest absolute Gasteiger partial charge is 0.0480 e. The van der Waals surface area contributed by atoms with E-state index >= 15 is 0 Å². The van der Waals surface area contributed by atoms with Crippen molar-refractivity contribution in [3.8, 4) is 0 Å². The molecule has 0 amide bonds. The minimum absolute atomic E-state index is 0.503. The van der Waals surface area contributed by atoms with Crippen LogP contribution in [0, 0.1) is 6.92 Å². The highest BCUT2D eigenvalue weighted by atomic mass is 15.2. The number of piperazine rings is 1. The molecule has 1 saturated heterocycles. The van der Waals surface area contributed by atoms with Gasteiger partial charge in [0.15, 0.2) is 0 Å². The maximum absolute atomic E-state index is 3.48. The summed E-state index contributed by atoms with van der Waals surface area (Å²) in [6.07, 6.45) is 0. The van der Waals surface area contributed by atoms with Gasteiger partial charge in [0.25, 0.3) is 0 Å². The molecule has 3 rings (SSSR count). The lowest BCUT2D eigenvalue weighted by Gasteiger charge is -2.33. The molecule has 0 bridgehead atoms. The molecule has 96 valence electrons. The quantitative estimate of drug-likeness (QED) is 0.827. The second-order valence-corrected chi connectivity index (χ2v) is 5.36. The van der Waals surface area contributed by atoms with Gasteiger partial charge in [-0.2, -0.15) is 0 Å². The van der Waals surface area contributed by atoms with E-state index in [1.807, 2.05) is 0 Å². The summed E-state index contributed by atoms with van der Waals surface area (Å²) < 4.78 is 2.25. The van der Waals surface area contributed by atoms with E-state index in [0.29, 0.717) is 6.04 Å². The fourth-order valence-corrected chi connectivity index (χ4v) is 2.89. The number of nitrogens with one attached hydrogen (secondary N) is 1. The van der Waals surface area contributed by atoms with Crippen LogP contribution in [0.3, 0.4) is 0 Å². The van der Waals surface area contributed by atoms with Crippen molar-refractivity contribution in [1.82, 2.24) is 14.8 Å².